The van der Waals surface area contributed by atoms with Crippen molar-refractivity contribution in [1.82, 2.24) is 10.2 Å². The first-order valence-electron chi connectivity index (χ1n) is 11.0. The maximum absolute atomic E-state index is 12.9. The molecule has 0 spiro atoms. The van der Waals surface area contributed by atoms with Crippen LogP contribution in [0.25, 0.3) is 0 Å². The van der Waals surface area contributed by atoms with E-state index in [-0.39, 0.29) is 35.4 Å². The highest BCUT2D eigenvalue weighted by molar-refractivity contribution is 5.99. The van der Waals surface area contributed by atoms with E-state index in [1.165, 1.54) is 37.5 Å². The third-order valence-corrected chi connectivity index (χ3v) is 5.68. The van der Waals surface area contributed by atoms with Gasteiger partial charge in [-0.3, -0.25) is 19.8 Å². The molecular formula is C24H31N3O6. The van der Waals surface area contributed by atoms with Gasteiger partial charge in [0, 0.05) is 38.9 Å². The van der Waals surface area contributed by atoms with Crippen LogP contribution < -0.4 is 14.8 Å². The number of nitro groups is 1. The molecule has 9 heteroatoms. The van der Waals surface area contributed by atoms with Crippen LogP contribution in [-0.2, 0) is 11.3 Å². The highest BCUT2D eigenvalue weighted by atomic mass is 16.6. The summed E-state index contributed by atoms with van der Waals surface area (Å²) in [4.78, 5) is 26.4. The Morgan fingerprint density at radius 2 is 1.91 bits per heavy atom. The van der Waals surface area contributed by atoms with E-state index in [9.17, 15) is 14.9 Å². The predicted octanol–water partition coefficient (Wildman–Crippen LogP) is 3.33. The zero-order valence-corrected chi connectivity index (χ0v) is 19.3. The van der Waals surface area contributed by atoms with Crippen LogP contribution in [-0.4, -0.2) is 62.3 Å². The predicted molar refractivity (Wildman–Crippen MR) is 124 cm³/mol. The highest BCUT2D eigenvalue weighted by Gasteiger charge is 2.28. The number of aryl methyl sites for hydroxylation is 1. The number of carbonyl (C=O) groups excluding carboxylic acids is 1. The van der Waals surface area contributed by atoms with E-state index in [1.807, 2.05) is 0 Å². The molecule has 2 aromatic carbocycles. The van der Waals surface area contributed by atoms with Gasteiger partial charge in [0.25, 0.3) is 11.6 Å². The number of benzene rings is 2. The fourth-order valence-electron chi connectivity index (χ4n) is 3.96. The Morgan fingerprint density at radius 3 is 2.55 bits per heavy atom. The molecule has 1 heterocycles. The second kappa shape index (κ2) is 11.6. The van der Waals surface area contributed by atoms with Gasteiger partial charge in [-0.05, 0) is 25.3 Å². The number of rotatable bonds is 10. The van der Waals surface area contributed by atoms with Crippen LogP contribution in [0, 0.1) is 17.0 Å². The third-order valence-electron chi connectivity index (χ3n) is 5.68. The zero-order chi connectivity index (χ0) is 23.8. The molecule has 1 aliphatic rings. The number of hydrogen-bond acceptors (Lipinski definition) is 7. The summed E-state index contributed by atoms with van der Waals surface area (Å²) in [5, 5.41) is 14.6. The summed E-state index contributed by atoms with van der Waals surface area (Å²) >= 11 is 0. The van der Waals surface area contributed by atoms with Crippen LogP contribution in [0.5, 0.6) is 11.5 Å². The molecule has 2 aromatic rings. The monoisotopic (exact) mass is 457 g/mol. The van der Waals surface area contributed by atoms with Gasteiger partial charge in [0.1, 0.15) is 12.2 Å². The first kappa shape index (κ1) is 24.5. The van der Waals surface area contributed by atoms with E-state index in [2.05, 4.69) is 41.4 Å². The average molecular weight is 458 g/mol. The van der Waals surface area contributed by atoms with Crippen molar-refractivity contribution in [2.45, 2.75) is 32.4 Å². The van der Waals surface area contributed by atoms with E-state index in [0.29, 0.717) is 6.61 Å². The number of methoxy groups -OCH3 is 2. The van der Waals surface area contributed by atoms with Crippen LogP contribution in [0.3, 0.4) is 0 Å². The molecule has 1 fully saturated rings. The molecule has 1 aliphatic heterocycles. The molecular weight excluding hydrogens is 426 g/mol. The lowest BCUT2D eigenvalue weighted by Crippen LogP contribution is -2.44. The Hall–Kier alpha value is -3.17. The standard InChI is InChI=1S/C24H31N3O6/c1-17-5-4-6-18(13-17)16-26-9-7-19(8-10-26)25-24(28)20-14-22(32-3)23(33-12-11-31-2)15-21(20)27(29)30/h4-6,13-15,19H,7-12,16H2,1-3H3,(H,25,28). The Bertz CT molecular complexity index is 973. The van der Waals surface area contributed by atoms with E-state index >= 15 is 0 Å². The molecule has 1 N–H and O–H groups in total. The van der Waals surface area contributed by atoms with Crippen LogP contribution >= 0.6 is 0 Å². The summed E-state index contributed by atoms with van der Waals surface area (Å²) in [6, 6.07) is 11.0. The Labute approximate surface area is 193 Å². The van der Waals surface area contributed by atoms with Crippen molar-refractivity contribution in [2.24, 2.45) is 0 Å². The Kier molecular flexibility index (Phi) is 8.62. The summed E-state index contributed by atoms with van der Waals surface area (Å²) in [7, 11) is 2.96. The zero-order valence-electron chi connectivity index (χ0n) is 19.3. The van der Waals surface area contributed by atoms with Crippen LogP contribution in [0.4, 0.5) is 5.69 Å². The second-order valence-electron chi connectivity index (χ2n) is 8.13. The first-order chi connectivity index (χ1) is 15.9. The van der Waals surface area contributed by atoms with Gasteiger partial charge in [-0.25, -0.2) is 0 Å². The van der Waals surface area contributed by atoms with Crippen LogP contribution in [0.1, 0.15) is 34.3 Å². The van der Waals surface area contributed by atoms with Gasteiger partial charge in [0.05, 0.1) is 24.7 Å². The van der Waals surface area contributed by atoms with E-state index in [1.54, 1.807) is 0 Å². The third kappa shape index (κ3) is 6.66. The minimum absolute atomic E-state index is 0.0434. The van der Waals surface area contributed by atoms with E-state index in [0.717, 1.165) is 32.5 Å². The normalized spacial score (nSPS) is 14.6. The van der Waals surface area contributed by atoms with Crippen molar-refractivity contribution in [3.8, 4) is 11.5 Å². The number of ether oxygens (including phenoxy) is 3. The van der Waals surface area contributed by atoms with Gasteiger partial charge in [-0.1, -0.05) is 29.8 Å². The number of amides is 1. The van der Waals surface area contributed by atoms with Crippen molar-refractivity contribution >= 4 is 11.6 Å². The minimum Gasteiger partial charge on any atom is -0.493 e. The summed E-state index contributed by atoms with van der Waals surface area (Å²) in [5.74, 6) is -0.0299. The van der Waals surface area contributed by atoms with Crippen molar-refractivity contribution in [3.63, 3.8) is 0 Å². The van der Waals surface area contributed by atoms with Gasteiger partial charge in [0.15, 0.2) is 11.5 Å². The number of likely N-dealkylation sites (tertiary alicyclic amines) is 1. The van der Waals surface area contributed by atoms with Crippen LogP contribution in [0.2, 0.25) is 0 Å². The topological polar surface area (TPSA) is 103 Å². The second-order valence-corrected chi connectivity index (χ2v) is 8.13. The SMILES string of the molecule is COCCOc1cc([N+](=O)[O-])c(C(=O)NC2CCN(Cc3cccc(C)c3)CC2)cc1OC. The fraction of sp³-hybridized carbons (Fsp3) is 0.458. The van der Waals surface area contributed by atoms with E-state index in [4.69, 9.17) is 14.2 Å². The molecule has 0 aliphatic carbocycles. The molecule has 0 saturated carbocycles. The van der Waals surface area contributed by atoms with Gasteiger partial charge in [-0.15, -0.1) is 0 Å². The number of hydrogen-bond donors (Lipinski definition) is 1. The van der Waals surface area contributed by atoms with Crippen molar-refractivity contribution in [1.29, 1.82) is 0 Å². The number of piperidine rings is 1. The smallest absolute Gasteiger partial charge is 0.286 e. The van der Waals surface area contributed by atoms with Crippen LogP contribution in [0.15, 0.2) is 36.4 Å². The quantitative estimate of drug-likeness (QED) is 0.332. The molecule has 0 atom stereocenters. The maximum atomic E-state index is 12.9. The number of nitrogens with zero attached hydrogens (tertiary/aromatic N) is 2. The molecule has 0 bridgehead atoms. The van der Waals surface area contributed by atoms with Gasteiger partial charge < -0.3 is 19.5 Å². The molecule has 0 radical (unpaired) electrons. The number of nitrogens with one attached hydrogen (secondary N) is 1. The lowest BCUT2D eigenvalue weighted by atomic mass is 10.0. The molecule has 0 aromatic heterocycles. The Morgan fingerprint density at radius 1 is 1.15 bits per heavy atom. The minimum atomic E-state index is -0.581. The first-order valence-corrected chi connectivity index (χ1v) is 11.0. The largest absolute Gasteiger partial charge is 0.493 e. The lowest BCUT2D eigenvalue weighted by molar-refractivity contribution is -0.385. The summed E-state index contributed by atoms with van der Waals surface area (Å²) in [6.45, 7) is 5.17. The molecule has 1 saturated heterocycles. The summed E-state index contributed by atoms with van der Waals surface area (Å²) in [6.07, 6.45) is 1.56. The fourth-order valence-corrected chi connectivity index (χ4v) is 3.96. The summed E-state index contributed by atoms with van der Waals surface area (Å²) < 4.78 is 15.8. The van der Waals surface area contributed by atoms with Gasteiger partial charge in [-0.2, -0.15) is 0 Å². The van der Waals surface area contributed by atoms with Gasteiger partial charge >= 0.3 is 0 Å². The maximum Gasteiger partial charge on any atom is 0.286 e. The van der Waals surface area contributed by atoms with Crippen molar-refractivity contribution in [3.05, 3.63) is 63.2 Å². The molecule has 178 valence electrons. The lowest BCUT2D eigenvalue weighted by Gasteiger charge is -2.32. The van der Waals surface area contributed by atoms with Crippen molar-refractivity contribution in [2.75, 3.05) is 40.5 Å². The molecule has 1 amide bonds. The van der Waals surface area contributed by atoms with Crippen molar-refractivity contribution < 1.29 is 23.9 Å². The Balaban J connectivity index is 1.64. The highest BCUT2D eigenvalue weighted by Crippen LogP contribution is 2.35. The molecule has 9 nitrogen and oxygen atoms in total. The number of nitro benzene ring substituents is 1. The average Bonchev–Trinajstić information content (AvgIpc) is 2.80. The van der Waals surface area contributed by atoms with E-state index < -0.39 is 10.8 Å². The molecule has 33 heavy (non-hydrogen) atoms. The molecule has 3 rings (SSSR count). The van der Waals surface area contributed by atoms with Gasteiger partial charge in [0.2, 0.25) is 0 Å². The number of carbonyl (C=O) groups is 1. The summed E-state index contributed by atoms with van der Waals surface area (Å²) in [5.41, 5.74) is 2.14. The molecule has 0 unspecified atom stereocenters.